The zero-order chi connectivity index (χ0) is 27.4. The van der Waals surface area contributed by atoms with Crippen molar-refractivity contribution in [3.05, 3.63) is 117 Å². The van der Waals surface area contributed by atoms with Crippen molar-refractivity contribution in [2.45, 2.75) is 39.5 Å². The maximum Gasteiger partial charge on any atom is 0.271 e. The number of benzene rings is 3. The summed E-state index contributed by atoms with van der Waals surface area (Å²) in [6.45, 7) is 4.96. The molecule has 0 spiro atoms. The number of nitrogens with one attached hydrogen (secondary N) is 1. The summed E-state index contributed by atoms with van der Waals surface area (Å²) in [6.07, 6.45) is 0.716. The van der Waals surface area contributed by atoms with Gasteiger partial charge in [0.05, 0.1) is 6.04 Å². The molecule has 1 aromatic heterocycles. The van der Waals surface area contributed by atoms with Gasteiger partial charge in [-0.05, 0) is 52.9 Å². The summed E-state index contributed by atoms with van der Waals surface area (Å²) in [5, 5.41) is 5.29. The van der Waals surface area contributed by atoms with Gasteiger partial charge >= 0.3 is 0 Å². The Bertz CT molecular complexity index is 1470. The molecule has 1 atom stereocenters. The molecule has 4 aromatic rings. The molecule has 5 rings (SSSR count). The number of fused-ring (bicyclic) bond motifs is 1. The number of hydrogen-bond donors (Lipinski definition) is 1. The molecular formula is C31H30FN3O3S. The summed E-state index contributed by atoms with van der Waals surface area (Å²) in [5.41, 5.74) is 4.14. The third kappa shape index (κ3) is 6.17. The van der Waals surface area contributed by atoms with Crippen LogP contribution in [-0.2, 0) is 24.4 Å². The number of hydrogen-bond acceptors (Lipinski definition) is 5. The summed E-state index contributed by atoms with van der Waals surface area (Å²) >= 11 is 1.36. The van der Waals surface area contributed by atoms with E-state index in [4.69, 9.17) is 4.74 Å². The van der Waals surface area contributed by atoms with Crippen LogP contribution in [0.15, 0.2) is 78.2 Å². The van der Waals surface area contributed by atoms with E-state index in [2.05, 4.69) is 10.3 Å². The molecule has 6 nitrogen and oxygen atoms in total. The summed E-state index contributed by atoms with van der Waals surface area (Å²) in [7, 11) is 0. The summed E-state index contributed by atoms with van der Waals surface area (Å²) in [5.74, 6) is -0.0910. The Balaban J connectivity index is 1.31. The number of amides is 2. The first-order valence-electron chi connectivity index (χ1n) is 13.0. The van der Waals surface area contributed by atoms with Gasteiger partial charge in [-0.1, -0.05) is 62.4 Å². The lowest BCUT2D eigenvalue weighted by Gasteiger charge is -2.39. The molecule has 0 aliphatic carbocycles. The van der Waals surface area contributed by atoms with Gasteiger partial charge in [0, 0.05) is 24.4 Å². The van der Waals surface area contributed by atoms with E-state index in [0.29, 0.717) is 36.0 Å². The fraction of sp³-hybridized carbons (Fsp3) is 0.258. The maximum absolute atomic E-state index is 14.2. The predicted octanol–water partition coefficient (Wildman–Crippen LogP) is 5.92. The number of rotatable bonds is 8. The quantitative estimate of drug-likeness (QED) is 0.299. The van der Waals surface area contributed by atoms with E-state index in [-0.39, 0.29) is 30.2 Å². The van der Waals surface area contributed by atoms with Crippen LogP contribution in [-0.4, -0.2) is 28.2 Å². The summed E-state index contributed by atoms with van der Waals surface area (Å²) in [6, 6.07) is 21.6. The topological polar surface area (TPSA) is 71.5 Å². The Labute approximate surface area is 231 Å². The second-order valence-electron chi connectivity index (χ2n) is 9.84. The molecule has 3 aromatic carbocycles. The van der Waals surface area contributed by atoms with Crippen LogP contribution in [0.3, 0.4) is 0 Å². The van der Waals surface area contributed by atoms with Crippen molar-refractivity contribution < 1.29 is 18.7 Å². The molecule has 1 aliphatic heterocycles. The zero-order valence-electron chi connectivity index (χ0n) is 21.9. The van der Waals surface area contributed by atoms with Gasteiger partial charge in [0.15, 0.2) is 0 Å². The molecule has 0 radical (unpaired) electrons. The number of halogens is 1. The van der Waals surface area contributed by atoms with Gasteiger partial charge in [-0.25, -0.2) is 9.37 Å². The van der Waals surface area contributed by atoms with Crippen molar-refractivity contribution in [3.63, 3.8) is 0 Å². The number of thiazole rings is 1. The number of nitrogens with zero attached hydrogens (tertiary/aromatic N) is 2. The Kier molecular flexibility index (Phi) is 8.02. The molecule has 0 fully saturated rings. The minimum atomic E-state index is -0.400. The standard InChI is InChI=1S/C31H30FN3O3S/c1-20(2)31(37)35-14-13-22-11-12-25(16-26(22)29(35)23-9-6-10-24(32)15-23)38-18-28-34-27(19-39-28)30(36)33-17-21-7-4-3-5-8-21/h3-12,15-16,19-20,29H,13-14,17-18H2,1-2H3,(H,33,36). The number of carbonyl (C=O) groups excluding carboxylic acids is 2. The van der Waals surface area contributed by atoms with E-state index < -0.39 is 6.04 Å². The van der Waals surface area contributed by atoms with Gasteiger partial charge in [-0.2, -0.15) is 0 Å². The first-order valence-corrected chi connectivity index (χ1v) is 13.8. The van der Waals surface area contributed by atoms with Crippen molar-refractivity contribution in [2.24, 2.45) is 5.92 Å². The smallest absolute Gasteiger partial charge is 0.271 e. The molecule has 200 valence electrons. The first-order chi connectivity index (χ1) is 18.9. The molecule has 0 bridgehead atoms. The molecule has 1 N–H and O–H groups in total. The highest BCUT2D eigenvalue weighted by molar-refractivity contribution is 7.09. The Morgan fingerprint density at radius 1 is 1.10 bits per heavy atom. The van der Waals surface area contributed by atoms with E-state index in [9.17, 15) is 14.0 Å². The largest absolute Gasteiger partial charge is 0.486 e. The van der Waals surface area contributed by atoms with E-state index in [0.717, 1.165) is 22.3 Å². The normalized spacial score (nSPS) is 14.7. The van der Waals surface area contributed by atoms with Gasteiger partial charge in [0.25, 0.3) is 5.91 Å². The Morgan fingerprint density at radius 3 is 2.69 bits per heavy atom. The van der Waals surface area contributed by atoms with Crippen LogP contribution in [0.2, 0.25) is 0 Å². The maximum atomic E-state index is 14.2. The van der Waals surface area contributed by atoms with Crippen molar-refractivity contribution in [3.8, 4) is 5.75 Å². The monoisotopic (exact) mass is 543 g/mol. The van der Waals surface area contributed by atoms with Gasteiger partial charge in [0.1, 0.15) is 28.9 Å². The summed E-state index contributed by atoms with van der Waals surface area (Å²) in [4.78, 5) is 31.9. The van der Waals surface area contributed by atoms with E-state index in [1.165, 1.54) is 23.5 Å². The van der Waals surface area contributed by atoms with E-state index >= 15 is 0 Å². The number of carbonyl (C=O) groups is 2. The minimum absolute atomic E-state index is 0.0297. The second kappa shape index (κ2) is 11.8. The molecular weight excluding hydrogens is 513 g/mol. The molecule has 8 heteroatoms. The number of ether oxygens (including phenoxy) is 1. The average molecular weight is 544 g/mol. The molecule has 0 saturated heterocycles. The Hall–Kier alpha value is -4.04. The fourth-order valence-corrected chi connectivity index (χ4v) is 5.47. The molecule has 2 heterocycles. The lowest BCUT2D eigenvalue weighted by Crippen LogP contribution is -2.42. The van der Waals surface area contributed by atoms with Gasteiger partial charge < -0.3 is 15.0 Å². The molecule has 39 heavy (non-hydrogen) atoms. The average Bonchev–Trinajstić information content (AvgIpc) is 3.43. The van der Waals surface area contributed by atoms with Crippen LogP contribution in [0.1, 0.15) is 57.6 Å². The zero-order valence-corrected chi connectivity index (χ0v) is 22.7. The van der Waals surface area contributed by atoms with Crippen molar-refractivity contribution in [2.75, 3.05) is 6.54 Å². The highest BCUT2D eigenvalue weighted by Crippen LogP contribution is 2.38. The van der Waals surface area contributed by atoms with Crippen LogP contribution in [0.4, 0.5) is 4.39 Å². The molecule has 2 amide bonds. The highest BCUT2D eigenvalue weighted by atomic mass is 32.1. The van der Waals surface area contributed by atoms with E-state index in [1.54, 1.807) is 11.4 Å². The minimum Gasteiger partial charge on any atom is -0.486 e. The number of aromatic nitrogens is 1. The van der Waals surface area contributed by atoms with Crippen molar-refractivity contribution in [1.82, 2.24) is 15.2 Å². The molecule has 1 unspecified atom stereocenters. The SMILES string of the molecule is CC(C)C(=O)N1CCc2ccc(OCc3nc(C(=O)NCc4ccccc4)cs3)cc2C1c1cccc(F)c1. The van der Waals surface area contributed by atoms with E-state index in [1.807, 2.05) is 73.3 Å². The van der Waals surface area contributed by atoms with Gasteiger partial charge in [0.2, 0.25) is 5.91 Å². The van der Waals surface area contributed by atoms with Crippen LogP contribution >= 0.6 is 11.3 Å². The predicted molar refractivity (Wildman–Crippen MR) is 149 cm³/mol. The van der Waals surface area contributed by atoms with Crippen LogP contribution in [0, 0.1) is 11.7 Å². The molecule has 0 saturated carbocycles. The second-order valence-corrected chi connectivity index (χ2v) is 10.8. The van der Waals surface area contributed by atoms with Crippen LogP contribution in [0.25, 0.3) is 0 Å². The van der Waals surface area contributed by atoms with Gasteiger partial charge in [-0.3, -0.25) is 9.59 Å². The highest BCUT2D eigenvalue weighted by Gasteiger charge is 2.33. The molecule has 1 aliphatic rings. The summed E-state index contributed by atoms with van der Waals surface area (Å²) < 4.78 is 20.3. The fourth-order valence-electron chi connectivity index (χ4n) is 4.78. The van der Waals surface area contributed by atoms with Gasteiger partial charge in [-0.15, -0.1) is 11.3 Å². The third-order valence-corrected chi connectivity index (χ3v) is 7.55. The van der Waals surface area contributed by atoms with Crippen LogP contribution < -0.4 is 10.1 Å². The van der Waals surface area contributed by atoms with Crippen LogP contribution in [0.5, 0.6) is 5.75 Å². The lowest BCUT2D eigenvalue weighted by atomic mass is 9.87. The Morgan fingerprint density at radius 2 is 1.92 bits per heavy atom. The van der Waals surface area contributed by atoms with Crippen molar-refractivity contribution >= 4 is 23.2 Å². The first kappa shape index (κ1) is 26.6. The lowest BCUT2D eigenvalue weighted by molar-refractivity contribution is -0.136. The van der Waals surface area contributed by atoms with Crippen molar-refractivity contribution in [1.29, 1.82) is 0 Å². The third-order valence-electron chi connectivity index (χ3n) is 6.73.